The smallest absolute Gasteiger partial charge is 0.425 e. The van der Waals surface area contributed by atoms with E-state index in [0.29, 0.717) is 4.42 Å². The topological polar surface area (TPSA) is 83.9 Å². The normalized spacial score (nSPS) is 29.2. The van der Waals surface area contributed by atoms with Gasteiger partial charge in [-0.2, -0.15) is 8.42 Å². The van der Waals surface area contributed by atoms with Crippen LogP contribution in [-0.4, -0.2) is 41.4 Å². The van der Waals surface area contributed by atoms with Gasteiger partial charge in [-0.25, -0.2) is 9.21 Å². The quantitative estimate of drug-likeness (QED) is 0.542. The van der Waals surface area contributed by atoms with E-state index in [4.69, 9.17) is 16.3 Å². The number of carbonyl (C=O) groups is 1. The molecule has 1 saturated heterocycles. The van der Waals surface area contributed by atoms with Crippen molar-refractivity contribution in [2.24, 2.45) is 0 Å². The van der Waals surface area contributed by atoms with E-state index in [1.54, 1.807) is 0 Å². The highest BCUT2D eigenvalue weighted by Crippen LogP contribution is 2.27. The van der Waals surface area contributed by atoms with Gasteiger partial charge in [-0.1, -0.05) is 0 Å². The number of nitrogens with zero attached hydrogens (tertiary/aromatic N) is 1. The van der Waals surface area contributed by atoms with Gasteiger partial charge in [0.25, 0.3) is 10.1 Å². The zero-order valence-electron chi connectivity index (χ0n) is 6.73. The Balaban J connectivity index is 2.85. The zero-order valence-corrected chi connectivity index (χ0v) is 8.30. The molecule has 0 aliphatic carbocycles. The predicted octanol–water partition coefficient (Wildman–Crippen LogP) is 0.239. The molecule has 13 heavy (non-hydrogen) atoms. The lowest BCUT2D eigenvalue weighted by Gasteiger charge is -2.23. The van der Waals surface area contributed by atoms with E-state index < -0.39 is 27.5 Å². The molecule has 1 fully saturated rings. The van der Waals surface area contributed by atoms with Gasteiger partial charge in [0.15, 0.2) is 0 Å². The molecule has 1 rings (SSSR count). The highest BCUT2D eigenvalue weighted by atomic mass is 35.5. The van der Waals surface area contributed by atoms with Crippen LogP contribution in [0.15, 0.2) is 0 Å². The molecule has 6 nitrogen and oxygen atoms in total. The Morgan fingerprint density at radius 1 is 1.77 bits per heavy atom. The molecule has 1 heterocycles. The van der Waals surface area contributed by atoms with E-state index in [9.17, 15) is 13.2 Å². The van der Waals surface area contributed by atoms with Gasteiger partial charge < -0.3 is 4.74 Å². The molecule has 1 amide bonds. The second-order valence-electron chi connectivity index (χ2n) is 3.06. The van der Waals surface area contributed by atoms with Gasteiger partial charge in [-0.15, -0.1) is 0 Å². The monoisotopic (exact) mass is 229 g/mol. The molecule has 0 spiro atoms. The Hall–Kier alpha value is -0.530. The van der Waals surface area contributed by atoms with Crippen LogP contribution >= 0.6 is 11.8 Å². The molecule has 0 aromatic carbocycles. The molecule has 0 saturated carbocycles. The van der Waals surface area contributed by atoms with Crippen LogP contribution in [0.4, 0.5) is 4.79 Å². The summed E-state index contributed by atoms with van der Waals surface area (Å²) < 4.78 is 34.8. The Morgan fingerprint density at radius 2 is 2.31 bits per heavy atom. The SMILES string of the molecule is CC1(CS(=O)(=O)O)COC(=O)N1Cl. The van der Waals surface area contributed by atoms with Gasteiger partial charge in [0.2, 0.25) is 0 Å². The van der Waals surface area contributed by atoms with Crippen molar-refractivity contribution in [3.8, 4) is 0 Å². The summed E-state index contributed by atoms with van der Waals surface area (Å²) in [5.41, 5.74) is -1.20. The Bertz CT molecular complexity index is 328. The minimum atomic E-state index is -4.18. The van der Waals surface area contributed by atoms with Gasteiger partial charge in [0.1, 0.15) is 17.9 Å². The average Bonchev–Trinajstić information content (AvgIpc) is 2.14. The van der Waals surface area contributed by atoms with E-state index in [1.807, 2.05) is 0 Å². The third kappa shape index (κ3) is 2.23. The summed E-state index contributed by atoms with van der Waals surface area (Å²) in [6.07, 6.45) is -0.812. The second-order valence-corrected chi connectivity index (χ2v) is 4.85. The molecule has 1 unspecified atom stereocenters. The van der Waals surface area contributed by atoms with Crippen LogP contribution in [0.5, 0.6) is 0 Å². The summed E-state index contributed by atoms with van der Waals surface area (Å²) in [4.78, 5) is 10.8. The first kappa shape index (κ1) is 10.6. The summed E-state index contributed by atoms with van der Waals surface area (Å²) >= 11 is 5.46. The molecule has 1 aliphatic rings. The van der Waals surface area contributed by atoms with E-state index in [1.165, 1.54) is 6.92 Å². The number of rotatable bonds is 2. The molecule has 1 N–H and O–H groups in total. The average molecular weight is 230 g/mol. The van der Waals surface area contributed by atoms with Crippen molar-refractivity contribution in [3.63, 3.8) is 0 Å². The fourth-order valence-corrected chi connectivity index (χ4v) is 2.27. The van der Waals surface area contributed by atoms with Crippen LogP contribution in [0.1, 0.15) is 6.92 Å². The maximum absolute atomic E-state index is 10.8. The molecule has 0 aromatic heterocycles. The third-order valence-electron chi connectivity index (χ3n) is 1.63. The molecule has 1 atom stereocenters. The first-order valence-electron chi connectivity index (χ1n) is 3.32. The number of hydrogen-bond acceptors (Lipinski definition) is 4. The van der Waals surface area contributed by atoms with E-state index >= 15 is 0 Å². The maximum atomic E-state index is 10.8. The van der Waals surface area contributed by atoms with Gasteiger partial charge in [-0.05, 0) is 6.92 Å². The summed E-state index contributed by atoms with van der Waals surface area (Å²) in [5.74, 6) is -0.644. The molecule has 76 valence electrons. The molecule has 0 aromatic rings. The largest absolute Gasteiger partial charge is 0.446 e. The molecular weight excluding hydrogens is 222 g/mol. The highest BCUT2D eigenvalue weighted by molar-refractivity contribution is 7.85. The summed E-state index contributed by atoms with van der Waals surface area (Å²) in [7, 11) is -4.18. The molecular formula is C5H8ClNO5S. The summed E-state index contributed by atoms with van der Waals surface area (Å²) in [6.45, 7) is 1.24. The van der Waals surface area contributed by atoms with Crippen LogP contribution in [0.25, 0.3) is 0 Å². The van der Waals surface area contributed by atoms with E-state index in [2.05, 4.69) is 4.74 Å². The van der Waals surface area contributed by atoms with Crippen LogP contribution in [0.2, 0.25) is 0 Å². The highest BCUT2D eigenvalue weighted by Gasteiger charge is 2.46. The molecule has 1 aliphatic heterocycles. The standard InChI is InChI=1S/C5H8ClNO5S/c1-5(3-13(9,10)11)2-12-4(8)7(5)6/h2-3H2,1H3,(H,9,10,11). The lowest BCUT2D eigenvalue weighted by molar-refractivity contribution is 0.169. The lowest BCUT2D eigenvalue weighted by Crippen LogP contribution is -2.44. The first-order valence-corrected chi connectivity index (χ1v) is 5.27. The van der Waals surface area contributed by atoms with Crippen LogP contribution < -0.4 is 0 Å². The Labute approximate surface area is 80.3 Å². The maximum Gasteiger partial charge on any atom is 0.425 e. The number of ether oxygens (including phenoxy) is 1. The molecule has 0 bridgehead atoms. The summed E-state index contributed by atoms with van der Waals surface area (Å²) in [5, 5.41) is 0. The Morgan fingerprint density at radius 3 is 2.62 bits per heavy atom. The number of amides is 1. The lowest BCUT2D eigenvalue weighted by atomic mass is 10.1. The predicted molar refractivity (Wildman–Crippen MR) is 43.9 cm³/mol. The number of cyclic esters (lactones) is 1. The van der Waals surface area contributed by atoms with Gasteiger partial charge >= 0.3 is 6.09 Å². The van der Waals surface area contributed by atoms with E-state index in [0.717, 1.165) is 0 Å². The number of hydrogen-bond donors (Lipinski definition) is 1. The van der Waals surface area contributed by atoms with Crippen LogP contribution in [-0.2, 0) is 14.9 Å². The van der Waals surface area contributed by atoms with Crippen molar-refractivity contribution in [2.75, 3.05) is 12.4 Å². The minimum absolute atomic E-state index is 0.158. The molecule has 0 radical (unpaired) electrons. The van der Waals surface area contributed by atoms with Crippen molar-refractivity contribution in [1.82, 2.24) is 4.42 Å². The zero-order chi connectivity index (χ0) is 10.3. The fraction of sp³-hybridized carbons (Fsp3) is 0.800. The van der Waals surface area contributed by atoms with Crippen molar-refractivity contribution in [3.05, 3.63) is 0 Å². The molecule has 8 heteroatoms. The van der Waals surface area contributed by atoms with Crippen molar-refractivity contribution < 1.29 is 22.5 Å². The fourth-order valence-electron chi connectivity index (χ4n) is 1.04. The van der Waals surface area contributed by atoms with Crippen molar-refractivity contribution in [2.45, 2.75) is 12.5 Å². The minimum Gasteiger partial charge on any atom is -0.446 e. The Kier molecular flexibility index (Phi) is 2.44. The van der Waals surface area contributed by atoms with E-state index in [-0.39, 0.29) is 6.61 Å². The van der Waals surface area contributed by atoms with Gasteiger partial charge in [-0.3, -0.25) is 4.55 Å². The second kappa shape index (κ2) is 3.00. The van der Waals surface area contributed by atoms with Crippen molar-refractivity contribution >= 4 is 28.0 Å². The summed E-state index contributed by atoms with van der Waals surface area (Å²) in [6, 6.07) is 0. The van der Waals surface area contributed by atoms with Crippen LogP contribution in [0, 0.1) is 0 Å². The van der Waals surface area contributed by atoms with Gasteiger partial charge in [0, 0.05) is 11.8 Å². The third-order valence-corrected chi connectivity index (χ3v) is 3.17. The van der Waals surface area contributed by atoms with Crippen molar-refractivity contribution in [1.29, 1.82) is 0 Å². The van der Waals surface area contributed by atoms with Crippen LogP contribution in [0.3, 0.4) is 0 Å². The first-order chi connectivity index (χ1) is 5.75. The van der Waals surface area contributed by atoms with Gasteiger partial charge in [0.05, 0.1) is 0 Å². The number of halogens is 1. The number of carbonyl (C=O) groups excluding carboxylic acids is 1.